The highest BCUT2D eigenvalue weighted by atomic mass is 35.5. The molecule has 3 rings (SSSR count). The van der Waals surface area contributed by atoms with Gasteiger partial charge in [-0.2, -0.15) is 0 Å². The Hall–Kier alpha value is -1.65. The van der Waals surface area contributed by atoms with Gasteiger partial charge >= 0.3 is 0 Å². The molecule has 104 valence electrons. The number of hydrogen-bond donors (Lipinski definition) is 1. The van der Waals surface area contributed by atoms with E-state index in [0.29, 0.717) is 0 Å². The molecule has 1 aromatic carbocycles. The minimum absolute atomic E-state index is 0.727. The van der Waals surface area contributed by atoms with Crippen LogP contribution in [0.15, 0.2) is 30.5 Å². The van der Waals surface area contributed by atoms with Crippen molar-refractivity contribution in [1.82, 2.24) is 15.3 Å². The van der Waals surface area contributed by atoms with E-state index in [1.165, 1.54) is 0 Å². The molecule has 0 bridgehead atoms. The summed E-state index contributed by atoms with van der Waals surface area (Å²) in [5, 5.41) is 4.09. The highest BCUT2D eigenvalue weighted by molar-refractivity contribution is 6.30. The van der Waals surface area contributed by atoms with Crippen LogP contribution in [-0.4, -0.2) is 36.1 Å². The van der Waals surface area contributed by atoms with Gasteiger partial charge in [-0.3, -0.25) is 0 Å². The van der Waals surface area contributed by atoms with Gasteiger partial charge in [0.25, 0.3) is 0 Å². The Morgan fingerprint density at radius 2 is 2.05 bits per heavy atom. The van der Waals surface area contributed by atoms with Gasteiger partial charge in [0.05, 0.1) is 17.6 Å². The van der Waals surface area contributed by atoms with Gasteiger partial charge in [0.15, 0.2) is 0 Å². The first kappa shape index (κ1) is 13.3. The van der Waals surface area contributed by atoms with Crippen LogP contribution in [0.5, 0.6) is 0 Å². The normalized spacial score (nSPS) is 15.4. The van der Waals surface area contributed by atoms with Crippen LogP contribution in [0.25, 0.3) is 11.3 Å². The lowest BCUT2D eigenvalue weighted by Gasteiger charge is -2.30. The highest BCUT2D eigenvalue weighted by Gasteiger charge is 2.17. The monoisotopic (exact) mass is 288 g/mol. The number of aryl methyl sites for hydroxylation is 1. The molecule has 1 aromatic heterocycles. The molecule has 2 aromatic rings. The first-order chi connectivity index (χ1) is 9.74. The topological polar surface area (TPSA) is 41.1 Å². The zero-order chi connectivity index (χ0) is 13.9. The van der Waals surface area contributed by atoms with Crippen molar-refractivity contribution in [2.45, 2.75) is 6.92 Å². The number of anilines is 1. The van der Waals surface area contributed by atoms with E-state index in [1.807, 2.05) is 37.4 Å². The van der Waals surface area contributed by atoms with Gasteiger partial charge in [0, 0.05) is 36.8 Å². The maximum atomic E-state index is 6.11. The fourth-order valence-electron chi connectivity index (χ4n) is 2.45. The third kappa shape index (κ3) is 2.76. The van der Waals surface area contributed by atoms with Crippen molar-refractivity contribution in [1.29, 1.82) is 0 Å². The Balaban J connectivity index is 2.06. The molecule has 1 N–H and O–H groups in total. The third-order valence-corrected chi connectivity index (χ3v) is 3.68. The van der Waals surface area contributed by atoms with Gasteiger partial charge in [-0.15, -0.1) is 0 Å². The van der Waals surface area contributed by atoms with Crippen molar-refractivity contribution in [3.05, 3.63) is 41.3 Å². The fraction of sp³-hybridized carbons (Fsp3) is 0.333. The third-order valence-electron chi connectivity index (χ3n) is 3.45. The quantitative estimate of drug-likeness (QED) is 0.922. The number of halogens is 1. The standard InChI is InChI=1S/C15H17ClN4/c1-11-18-10-14(20-7-5-17-6-8-20)15(19-11)12-3-2-4-13(16)9-12/h2-4,9-10,17H,5-8H2,1H3. The lowest BCUT2D eigenvalue weighted by atomic mass is 10.1. The van der Waals surface area contributed by atoms with Gasteiger partial charge in [0.2, 0.25) is 0 Å². The SMILES string of the molecule is Cc1ncc(N2CCNCC2)c(-c2cccc(Cl)c2)n1. The summed E-state index contributed by atoms with van der Waals surface area (Å²) in [6.07, 6.45) is 1.92. The summed E-state index contributed by atoms with van der Waals surface area (Å²) in [6.45, 7) is 5.83. The second-order valence-corrected chi connectivity index (χ2v) is 5.33. The maximum absolute atomic E-state index is 6.11. The minimum atomic E-state index is 0.727. The Labute approximate surface area is 123 Å². The average molecular weight is 289 g/mol. The fourth-order valence-corrected chi connectivity index (χ4v) is 2.64. The number of nitrogens with zero attached hydrogens (tertiary/aromatic N) is 3. The van der Waals surface area contributed by atoms with Crippen molar-refractivity contribution >= 4 is 17.3 Å². The van der Waals surface area contributed by atoms with Crippen LogP contribution in [0.3, 0.4) is 0 Å². The van der Waals surface area contributed by atoms with Gasteiger partial charge < -0.3 is 10.2 Å². The van der Waals surface area contributed by atoms with Crippen LogP contribution in [0.1, 0.15) is 5.82 Å². The van der Waals surface area contributed by atoms with Gasteiger partial charge in [-0.1, -0.05) is 23.7 Å². The predicted molar refractivity (Wildman–Crippen MR) is 82.3 cm³/mol. The van der Waals surface area contributed by atoms with Crippen LogP contribution in [0.2, 0.25) is 5.02 Å². The Kier molecular flexibility index (Phi) is 3.85. The first-order valence-corrected chi connectivity index (χ1v) is 7.17. The molecular formula is C15H17ClN4. The van der Waals surface area contributed by atoms with E-state index in [0.717, 1.165) is 54.0 Å². The van der Waals surface area contributed by atoms with Crippen molar-refractivity contribution in [2.75, 3.05) is 31.1 Å². The van der Waals surface area contributed by atoms with Crippen molar-refractivity contribution in [3.8, 4) is 11.3 Å². The maximum Gasteiger partial charge on any atom is 0.126 e. The molecule has 0 radical (unpaired) electrons. The van der Waals surface area contributed by atoms with Crippen LogP contribution < -0.4 is 10.2 Å². The molecule has 0 spiro atoms. The van der Waals surface area contributed by atoms with Crippen LogP contribution >= 0.6 is 11.6 Å². The molecule has 0 amide bonds. The van der Waals surface area contributed by atoms with Crippen LogP contribution in [0, 0.1) is 6.92 Å². The number of hydrogen-bond acceptors (Lipinski definition) is 4. The van der Waals surface area contributed by atoms with Crippen molar-refractivity contribution < 1.29 is 0 Å². The average Bonchev–Trinajstić information content (AvgIpc) is 2.48. The zero-order valence-electron chi connectivity index (χ0n) is 11.4. The molecule has 1 aliphatic heterocycles. The minimum Gasteiger partial charge on any atom is -0.366 e. The first-order valence-electron chi connectivity index (χ1n) is 6.79. The second kappa shape index (κ2) is 5.77. The molecule has 1 aliphatic rings. The molecule has 0 atom stereocenters. The molecule has 0 saturated carbocycles. The number of rotatable bonds is 2. The predicted octanol–water partition coefficient (Wildman–Crippen LogP) is 2.52. The Bertz CT molecular complexity index is 609. The van der Waals surface area contributed by atoms with Crippen molar-refractivity contribution in [2.24, 2.45) is 0 Å². The molecule has 20 heavy (non-hydrogen) atoms. The highest BCUT2D eigenvalue weighted by Crippen LogP contribution is 2.30. The molecule has 5 heteroatoms. The summed E-state index contributed by atoms with van der Waals surface area (Å²) >= 11 is 6.11. The van der Waals surface area contributed by atoms with Crippen LogP contribution in [-0.2, 0) is 0 Å². The lowest BCUT2D eigenvalue weighted by Crippen LogP contribution is -2.43. The molecule has 1 saturated heterocycles. The van der Waals surface area contributed by atoms with E-state index in [1.54, 1.807) is 0 Å². The van der Waals surface area contributed by atoms with E-state index in [9.17, 15) is 0 Å². The molecule has 0 aliphatic carbocycles. The number of aromatic nitrogens is 2. The number of benzene rings is 1. The summed E-state index contributed by atoms with van der Waals surface area (Å²) in [5.74, 6) is 0.777. The summed E-state index contributed by atoms with van der Waals surface area (Å²) in [5.41, 5.74) is 3.08. The molecular weight excluding hydrogens is 272 g/mol. The molecule has 2 heterocycles. The van der Waals surface area contributed by atoms with E-state index in [2.05, 4.69) is 20.2 Å². The van der Waals surface area contributed by atoms with Crippen molar-refractivity contribution in [3.63, 3.8) is 0 Å². The van der Waals surface area contributed by atoms with Gasteiger partial charge in [-0.05, 0) is 19.1 Å². The smallest absolute Gasteiger partial charge is 0.126 e. The Morgan fingerprint density at radius 3 is 2.80 bits per heavy atom. The van der Waals surface area contributed by atoms with E-state index >= 15 is 0 Å². The Morgan fingerprint density at radius 1 is 1.25 bits per heavy atom. The molecule has 0 unspecified atom stereocenters. The van der Waals surface area contributed by atoms with E-state index in [4.69, 9.17) is 11.6 Å². The summed E-state index contributed by atoms with van der Waals surface area (Å²) in [4.78, 5) is 11.3. The number of piperazine rings is 1. The molecule has 1 fully saturated rings. The van der Waals surface area contributed by atoms with E-state index < -0.39 is 0 Å². The van der Waals surface area contributed by atoms with E-state index in [-0.39, 0.29) is 0 Å². The van der Waals surface area contributed by atoms with Gasteiger partial charge in [-0.25, -0.2) is 9.97 Å². The summed E-state index contributed by atoms with van der Waals surface area (Å²) in [6, 6.07) is 7.83. The lowest BCUT2D eigenvalue weighted by molar-refractivity contribution is 0.588. The summed E-state index contributed by atoms with van der Waals surface area (Å²) < 4.78 is 0. The molecule has 4 nitrogen and oxygen atoms in total. The number of nitrogens with one attached hydrogen (secondary N) is 1. The van der Waals surface area contributed by atoms with Crippen LogP contribution in [0.4, 0.5) is 5.69 Å². The van der Waals surface area contributed by atoms with Gasteiger partial charge in [0.1, 0.15) is 5.82 Å². The zero-order valence-corrected chi connectivity index (χ0v) is 12.2. The largest absolute Gasteiger partial charge is 0.366 e. The summed E-state index contributed by atoms with van der Waals surface area (Å²) in [7, 11) is 0. The second-order valence-electron chi connectivity index (χ2n) is 4.90.